The summed E-state index contributed by atoms with van der Waals surface area (Å²) in [4.78, 5) is 27.2. The SMILES string of the molecule is Cc1ccccc1Oc1c(C(=O)N2CCNCC2)c2ccc(OC(=O)C(F)(F)F)cc2n1-c1ccccc1. The van der Waals surface area contributed by atoms with Gasteiger partial charge in [-0.2, -0.15) is 13.2 Å². The van der Waals surface area contributed by atoms with Gasteiger partial charge in [0, 0.05) is 43.3 Å². The molecule has 196 valence electrons. The lowest BCUT2D eigenvalue weighted by Crippen LogP contribution is -2.46. The number of halogens is 3. The van der Waals surface area contributed by atoms with E-state index in [-0.39, 0.29) is 23.1 Å². The van der Waals surface area contributed by atoms with Crippen LogP contribution >= 0.6 is 0 Å². The zero-order valence-corrected chi connectivity index (χ0v) is 20.4. The molecule has 0 bridgehead atoms. The van der Waals surface area contributed by atoms with E-state index in [1.54, 1.807) is 39.8 Å². The second-order valence-electron chi connectivity index (χ2n) is 8.83. The Kier molecular flexibility index (Phi) is 6.81. The molecule has 0 unspecified atom stereocenters. The molecule has 3 aromatic carbocycles. The van der Waals surface area contributed by atoms with Gasteiger partial charge >= 0.3 is 12.1 Å². The van der Waals surface area contributed by atoms with Crippen molar-refractivity contribution in [3.63, 3.8) is 0 Å². The normalized spacial score (nSPS) is 13.9. The van der Waals surface area contributed by atoms with Gasteiger partial charge in [-0.15, -0.1) is 0 Å². The van der Waals surface area contributed by atoms with Crippen molar-refractivity contribution >= 4 is 22.8 Å². The van der Waals surface area contributed by atoms with Gasteiger partial charge in [0.25, 0.3) is 5.91 Å². The van der Waals surface area contributed by atoms with Crippen molar-refractivity contribution in [3.8, 4) is 23.1 Å². The molecule has 0 spiro atoms. The number of para-hydroxylation sites is 2. The van der Waals surface area contributed by atoms with Crippen LogP contribution in [0.5, 0.6) is 17.4 Å². The average Bonchev–Trinajstić information content (AvgIpc) is 3.23. The van der Waals surface area contributed by atoms with E-state index >= 15 is 0 Å². The Morgan fingerprint density at radius 2 is 1.61 bits per heavy atom. The fourth-order valence-electron chi connectivity index (χ4n) is 4.41. The summed E-state index contributed by atoms with van der Waals surface area (Å²) in [6, 6.07) is 20.3. The van der Waals surface area contributed by atoms with Gasteiger partial charge in [0.2, 0.25) is 5.88 Å². The summed E-state index contributed by atoms with van der Waals surface area (Å²) < 4.78 is 51.4. The van der Waals surface area contributed by atoms with Gasteiger partial charge in [-0.1, -0.05) is 36.4 Å². The molecule has 1 fully saturated rings. The Bertz CT molecular complexity index is 1490. The maximum absolute atomic E-state index is 13.9. The Hall–Kier alpha value is -4.31. The number of hydrogen-bond acceptors (Lipinski definition) is 5. The standard InChI is InChI=1S/C28H24F3N3O4/c1-18-7-5-6-10-23(18)38-26-24(25(35)33-15-13-32-14-16-33)21-12-11-20(37-27(36)28(29,30)31)17-22(21)34(26)19-8-3-2-4-9-19/h2-12,17,32H,13-16H2,1H3. The van der Waals surface area contributed by atoms with Crippen LogP contribution in [0.15, 0.2) is 72.8 Å². The van der Waals surface area contributed by atoms with Gasteiger partial charge < -0.3 is 19.7 Å². The molecule has 0 atom stereocenters. The van der Waals surface area contributed by atoms with Crippen LogP contribution in [-0.4, -0.2) is 53.7 Å². The third-order valence-corrected chi connectivity index (χ3v) is 6.27. The number of hydrogen-bond donors (Lipinski definition) is 1. The first-order valence-electron chi connectivity index (χ1n) is 12.0. The summed E-state index contributed by atoms with van der Waals surface area (Å²) in [5.41, 5.74) is 2.06. The lowest BCUT2D eigenvalue weighted by Gasteiger charge is -2.27. The van der Waals surface area contributed by atoms with Crippen LogP contribution in [0.4, 0.5) is 13.2 Å². The van der Waals surface area contributed by atoms with Crippen molar-refractivity contribution in [2.24, 2.45) is 0 Å². The highest BCUT2D eigenvalue weighted by Gasteiger charge is 2.41. The summed E-state index contributed by atoms with van der Waals surface area (Å²) in [5.74, 6) is -2.18. The molecule has 0 radical (unpaired) electrons. The molecule has 1 saturated heterocycles. The molecule has 5 rings (SSSR count). The Labute approximate surface area is 216 Å². The number of nitrogens with zero attached hydrogens (tertiary/aromatic N) is 2. The lowest BCUT2D eigenvalue weighted by atomic mass is 10.1. The van der Waals surface area contributed by atoms with Crippen molar-refractivity contribution in [3.05, 3.63) is 83.9 Å². The Morgan fingerprint density at radius 1 is 0.921 bits per heavy atom. The summed E-state index contributed by atoms with van der Waals surface area (Å²) in [6.45, 7) is 4.12. The maximum atomic E-state index is 13.9. The van der Waals surface area contributed by atoms with Crippen molar-refractivity contribution < 1.29 is 32.2 Å². The van der Waals surface area contributed by atoms with Crippen LogP contribution in [0.25, 0.3) is 16.6 Å². The molecular weight excluding hydrogens is 499 g/mol. The zero-order chi connectivity index (χ0) is 26.9. The van der Waals surface area contributed by atoms with Crippen molar-refractivity contribution in [2.45, 2.75) is 13.1 Å². The number of carbonyl (C=O) groups excluding carboxylic acids is 2. The Morgan fingerprint density at radius 3 is 2.29 bits per heavy atom. The molecular formula is C28H24F3N3O4. The monoisotopic (exact) mass is 523 g/mol. The van der Waals surface area contributed by atoms with E-state index in [4.69, 9.17) is 4.74 Å². The minimum Gasteiger partial charge on any atom is -0.439 e. The third-order valence-electron chi connectivity index (χ3n) is 6.27. The fraction of sp³-hybridized carbons (Fsp3) is 0.214. The molecule has 0 saturated carbocycles. The van der Waals surface area contributed by atoms with E-state index < -0.39 is 12.1 Å². The molecule has 10 heteroatoms. The first kappa shape index (κ1) is 25.3. The van der Waals surface area contributed by atoms with E-state index in [0.29, 0.717) is 48.5 Å². The van der Waals surface area contributed by atoms with E-state index in [1.807, 2.05) is 31.2 Å². The molecule has 38 heavy (non-hydrogen) atoms. The van der Waals surface area contributed by atoms with Crippen LogP contribution in [0, 0.1) is 6.92 Å². The van der Waals surface area contributed by atoms with Crippen LogP contribution in [0.1, 0.15) is 15.9 Å². The number of esters is 1. The highest BCUT2D eigenvalue weighted by molar-refractivity contribution is 6.10. The van der Waals surface area contributed by atoms with Gasteiger partial charge in [0.1, 0.15) is 17.1 Å². The number of carbonyl (C=O) groups is 2. The minimum atomic E-state index is -5.15. The number of amides is 1. The summed E-state index contributed by atoms with van der Waals surface area (Å²) in [6.07, 6.45) is -5.15. The van der Waals surface area contributed by atoms with Crippen molar-refractivity contribution in [2.75, 3.05) is 26.2 Å². The van der Waals surface area contributed by atoms with E-state index in [0.717, 1.165) is 5.56 Å². The van der Waals surface area contributed by atoms with E-state index in [1.165, 1.54) is 18.2 Å². The van der Waals surface area contributed by atoms with Gasteiger partial charge in [-0.25, -0.2) is 4.79 Å². The van der Waals surface area contributed by atoms with E-state index in [2.05, 4.69) is 10.1 Å². The molecule has 1 aliphatic rings. The number of benzene rings is 3. The topological polar surface area (TPSA) is 72.8 Å². The van der Waals surface area contributed by atoms with Crippen molar-refractivity contribution in [1.82, 2.24) is 14.8 Å². The molecule has 2 heterocycles. The van der Waals surface area contributed by atoms with Crippen LogP contribution in [-0.2, 0) is 4.79 Å². The molecule has 0 aliphatic carbocycles. The van der Waals surface area contributed by atoms with Crippen LogP contribution in [0.2, 0.25) is 0 Å². The number of aryl methyl sites for hydroxylation is 1. The van der Waals surface area contributed by atoms with Crippen LogP contribution in [0.3, 0.4) is 0 Å². The summed E-state index contributed by atoms with van der Waals surface area (Å²) >= 11 is 0. The van der Waals surface area contributed by atoms with Crippen LogP contribution < -0.4 is 14.8 Å². The lowest BCUT2D eigenvalue weighted by molar-refractivity contribution is -0.189. The predicted octanol–water partition coefficient (Wildman–Crippen LogP) is 5.24. The third kappa shape index (κ3) is 4.95. The zero-order valence-electron chi connectivity index (χ0n) is 20.4. The van der Waals surface area contributed by atoms with E-state index in [9.17, 15) is 22.8 Å². The van der Waals surface area contributed by atoms with Crippen molar-refractivity contribution in [1.29, 1.82) is 0 Å². The number of alkyl halides is 3. The van der Waals surface area contributed by atoms with Gasteiger partial charge in [-0.05, 0) is 42.8 Å². The average molecular weight is 524 g/mol. The van der Waals surface area contributed by atoms with Gasteiger partial charge in [0.15, 0.2) is 0 Å². The number of ether oxygens (including phenoxy) is 2. The smallest absolute Gasteiger partial charge is 0.439 e. The number of fused-ring (bicyclic) bond motifs is 1. The fourth-order valence-corrected chi connectivity index (χ4v) is 4.41. The first-order chi connectivity index (χ1) is 18.2. The number of piperazine rings is 1. The molecule has 4 aromatic rings. The number of rotatable bonds is 5. The minimum absolute atomic E-state index is 0.211. The van der Waals surface area contributed by atoms with Gasteiger partial charge in [-0.3, -0.25) is 9.36 Å². The molecule has 1 N–H and O–H groups in total. The number of aromatic nitrogens is 1. The predicted molar refractivity (Wildman–Crippen MR) is 135 cm³/mol. The second-order valence-corrected chi connectivity index (χ2v) is 8.83. The molecule has 1 aromatic heterocycles. The number of nitrogens with one attached hydrogen (secondary N) is 1. The van der Waals surface area contributed by atoms with Gasteiger partial charge in [0.05, 0.1) is 5.52 Å². The Balaban J connectivity index is 1.75. The summed E-state index contributed by atoms with van der Waals surface area (Å²) in [5, 5.41) is 3.67. The largest absolute Gasteiger partial charge is 0.491 e. The molecule has 1 aliphatic heterocycles. The summed E-state index contributed by atoms with van der Waals surface area (Å²) in [7, 11) is 0. The molecule has 1 amide bonds. The molecule has 7 nitrogen and oxygen atoms in total. The highest BCUT2D eigenvalue weighted by atomic mass is 19.4. The quantitative estimate of drug-likeness (QED) is 0.286. The second kappa shape index (κ2) is 10.2. The highest BCUT2D eigenvalue weighted by Crippen LogP contribution is 2.40. The first-order valence-corrected chi connectivity index (χ1v) is 12.0. The maximum Gasteiger partial charge on any atom is 0.491 e.